The Hall–Kier alpha value is -2.04. The minimum atomic E-state index is -0.374. The summed E-state index contributed by atoms with van der Waals surface area (Å²) in [6.07, 6.45) is 5.35. The molecule has 0 amide bonds. The van der Waals surface area contributed by atoms with Crippen molar-refractivity contribution in [3.05, 3.63) is 47.9 Å². The number of hydrogen-bond acceptors (Lipinski definition) is 4. The summed E-state index contributed by atoms with van der Waals surface area (Å²) in [5.74, 6) is -0.132. The van der Waals surface area contributed by atoms with Gasteiger partial charge >= 0.3 is 0 Å². The second-order valence-electron chi connectivity index (χ2n) is 3.98. The summed E-state index contributed by atoms with van der Waals surface area (Å²) in [5.41, 5.74) is 1.45. The molecule has 0 aliphatic rings. The van der Waals surface area contributed by atoms with Crippen LogP contribution in [0.2, 0.25) is 0 Å². The predicted molar refractivity (Wildman–Crippen MR) is 67.6 cm³/mol. The first-order valence-electron chi connectivity index (χ1n) is 5.88. The highest BCUT2D eigenvalue weighted by molar-refractivity contribution is 5.40. The van der Waals surface area contributed by atoms with Crippen molar-refractivity contribution in [3.8, 4) is 0 Å². The first-order chi connectivity index (χ1) is 8.72. The van der Waals surface area contributed by atoms with Crippen LogP contribution in [0.25, 0.3) is 0 Å². The molecule has 2 heterocycles. The summed E-state index contributed by atoms with van der Waals surface area (Å²) in [7, 11) is 0. The normalized spacial score (nSPS) is 12.2. The molecule has 2 aromatic heterocycles. The van der Waals surface area contributed by atoms with Gasteiger partial charge in [0.1, 0.15) is 6.33 Å². The summed E-state index contributed by atoms with van der Waals surface area (Å²) < 4.78 is 13.9. The van der Waals surface area contributed by atoms with Crippen molar-refractivity contribution in [1.29, 1.82) is 0 Å². The first-order valence-corrected chi connectivity index (χ1v) is 5.88. The minimum absolute atomic E-state index is 0.0397. The van der Waals surface area contributed by atoms with E-state index < -0.39 is 0 Å². The summed E-state index contributed by atoms with van der Waals surface area (Å²) in [6, 6.07) is 3.73. The monoisotopic (exact) mass is 246 g/mol. The fourth-order valence-electron chi connectivity index (χ4n) is 1.69. The molecule has 94 valence electrons. The fraction of sp³-hybridized carbons (Fsp3) is 0.308. The van der Waals surface area contributed by atoms with Crippen LogP contribution in [0.3, 0.4) is 0 Å². The third kappa shape index (κ3) is 2.61. The second-order valence-corrected chi connectivity index (χ2v) is 3.98. The van der Waals surface area contributed by atoms with Gasteiger partial charge in [-0.2, -0.15) is 0 Å². The van der Waals surface area contributed by atoms with Crippen molar-refractivity contribution in [2.75, 3.05) is 5.32 Å². The quantitative estimate of drug-likeness (QED) is 0.901. The molecule has 0 saturated carbocycles. The number of nitrogens with zero attached hydrogens (tertiary/aromatic N) is 3. The van der Waals surface area contributed by atoms with E-state index >= 15 is 0 Å². The first kappa shape index (κ1) is 12.4. The van der Waals surface area contributed by atoms with E-state index in [4.69, 9.17) is 0 Å². The predicted octanol–water partition coefficient (Wildman–Crippen LogP) is 2.75. The van der Waals surface area contributed by atoms with E-state index in [-0.39, 0.29) is 17.7 Å². The van der Waals surface area contributed by atoms with Crippen LogP contribution in [0.15, 0.2) is 30.9 Å². The van der Waals surface area contributed by atoms with Crippen LogP contribution in [-0.2, 0) is 6.42 Å². The Labute approximate surface area is 105 Å². The number of aromatic nitrogens is 3. The third-order valence-electron chi connectivity index (χ3n) is 2.76. The van der Waals surface area contributed by atoms with Crippen molar-refractivity contribution >= 4 is 5.82 Å². The molecule has 2 aromatic rings. The third-order valence-corrected chi connectivity index (χ3v) is 2.76. The van der Waals surface area contributed by atoms with Crippen molar-refractivity contribution in [2.24, 2.45) is 0 Å². The van der Waals surface area contributed by atoms with Crippen LogP contribution < -0.4 is 5.32 Å². The highest BCUT2D eigenvalue weighted by Crippen LogP contribution is 2.20. The lowest BCUT2D eigenvalue weighted by Crippen LogP contribution is -2.11. The SMILES string of the molecule is CCc1ncnc(N[C@@H](C)c2ccncc2)c1F. The maximum Gasteiger partial charge on any atom is 0.186 e. The molecular weight excluding hydrogens is 231 g/mol. The second kappa shape index (κ2) is 5.53. The highest BCUT2D eigenvalue weighted by atomic mass is 19.1. The fourth-order valence-corrected chi connectivity index (χ4v) is 1.69. The Kier molecular flexibility index (Phi) is 3.82. The van der Waals surface area contributed by atoms with Gasteiger partial charge < -0.3 is 5.32 Å². The minimum Gasteiger partial charge on any atom is -0.361 e. The zero-order chi connectivity index (χ0) is 13.0. The van der Waals surface area contributed by atoms with Gasteiger partial charge in [-0.3, -0.25) is 4.98 Å². The van der Waals surface area contributed by atoms with Crippen LogP contribution in [0, 0.1) is 5.82 Å². The van der Waals surface area contributed by atoms with Crippen LogP contribution in [0.5, 0.6) is 0 Å². The summed E-state index contributed by atoms with van der Waals surface area (Å²) in [5, 5.41) is 3.05. The molecule has 4 nitrogen and oxygen atoms in total. The van der Waals surface area contributed by atoms with Gasteiger partial charge in [0, 0.05) is 12.4 Å². The molecule has 18 heavy (non-hydrogen) atoms. The van der Waals surface area contributed by atoms with E-state index in [0.29, 0.717) is 12.1 Å². The van der Waals surface area contributed by atoms with Crippen molar-refractivity contribution < 1.29 is 4.39 Å². The molecule has 0 aromatic carbocycles. The van der Waals surface area contributed by atoms with Crippen LogP contribution >= 0.6 is 0 Å². The standard InChI is InChI=1S/C13H15FN4/c1-3-11-12(14)13(17-8-16-11)18-9(2)10-4-6-15-7-5-10/h4-9H,3H2,1-2H3,(H,16,17,18)/t9-/m0/s1. The van der Waals surface area contributed by atoms with Crippen molar-refractivity contribution in [1.82, 2.24) is 15.0 Å². The van der Waals surface area contributed by atoms with Gasteiger partial charge in [-0.25, -0.2) is 14.4 Å². The molecule has 1 atom stereocenters. The van der Waals surface area contributed by atoms with E-state index in [1.807, 2.05) is 26.0 Å². The topological polar surface area (TPSA) is 50.7 Å². The van der Waals surface area contributed by atoms with Gasteiger partial charge in [-0.05, 0) is 31.0 Å². The number of nitrogens with one attached hydrogen (secondary N) is 1. The largest absolute Gasteiger partial charge is 0.361 e. The Morgan fingerprint density at radius 3 is 2.67 bits per heavy atom. The zero-order valence-electron chi connectivity index (χ0n) is 10.4. The molecule has 5 heteroatoms. The Morgan fingerprint density at radius 2 is 2.00 bits per heavy atom. The Morgan fingerprint density at radius 1 is 1.28 bits per heavy atom. The van der Waals surface area contributed by atoms with E-state index in [1.54, 1.807) is 12.4 Å². The van der Waals surface area contributed by atoms with Gasteiger partial charge in [0.15, 0.2) is 11.6 Å². The average molecular weight is 246 g/mol. The highest BCUT2D eigenvalue weighted by Gasteiger charge is 2.12. The lowest BCUT2D eigenvalue weighted by molar-refractivity contribution is 0.594. The van der Waals surface area contributed by atoms with Gasteiger partial charge in [0.05, 0.1) is 11.7 Å². The lowest BCUT2D eigenvalue weighted by atomic mass is 10.1. The number of aryl methyl sites for hydroxylation is 1. The smallest absolute Gasteiger partial charge is 0.186 e. The summed E-state index contributed by atoms with van der Waals surface area (Å²) >= 11 is 0. The van der Waals surface area contributed by atoms with Gasteiger partial charge in [-0.15, -0.1) is 0 Å². The molecule has 0 bridgehead atoms. The molecular formula is C13H15FN4. The molecule has 0 radical (unpaired) electrons. The molecule has 0 unspecified atom stereocenters. The van der Waals surface area contributed by atoms with Gasteiger partial charge in [0.25, 0.3) is 0 Å². The van der Waals surface area contributed by atoms with Crippen LogP contribution in [0.4, 0.5) is 10.2 Å². The van der Waals surface area contributed by atoms with Crippen molar-refractivity contribution in [2.45, 2.75) is 26.3 Å². The van der Waals surface area contributed by atoms with E-state index in [2.05, 4.69) is 20.3 Å². The summed E-state index contributed by atoms with van der Waals surface area (Å²) in [6.45, 7) is 3.81. The molecule has 1 N–H and O–H groups in total. The molecule has 0 aliphatic carbocycles. The van der Waals surface area contributed by atoms with Crippen LogP contribution in [-0.4, -0.2) is 15.0 Å². The van der Waals surface area contributed by atoms with E-state index in [0.717, 1.165) is 5.56 Å². The summed E-state index contributed by atoms with van der Waals surface area (Å²) in [4.78, 5) is 11.8. The number of anilines is 1. The Bertz CT molecular complexity index is 516. The average Bonchev–Trinajstić information content (AvgIpc) is 2.42. The maximum atomic E-state index is 13.9. The van der Waals surface area contributed by atoms with Crippen molar-refractivity contribution in [3.63, 3.8) is 0 Å². The number of halogens is 1. The molecule has 0 aliphatic heterocycles. The maximum absolute atomic E-state index is 13.9. The van der Waals surface area contributed by atoms with E-state index in [1.165, 1.54) is 6.33 Å². The Balaban J connectivity index is 2.19. The molecule has 2 rings (SSSR count). The number of pyridine rings is 1. The molecule has 0 saturated heterocycles. The van der Waals surface area contributed by atoms with Crippen LogP contribution in [0.1, 0.15) is 31.1 Å². The zero-order valence-corrected chi connectivity index (χ0v) is 10.4. The number of rotatable bonds is 4. The van der Waals surface area contributed by atoms with Gasteiger partial charge in [0.2, 0.25) is 0 Å². The van der Waals surface area contributed by atoms with Gasteiger partial charge in [-0.1, -0.05) is 6.92 Å². The van der Waals surface area contributed by atoms with E-state index in [9.17, 15) is 4.39 Å². The lowest BCUT2D eigenvalue weighted by Gasteiger charge is -2.15. The number of hydrogen-bond donors (Lipinski definition) is 1. The molecule has 0 fully saturated rings. The molecule has 0 spiro atoms.